The maximum Gasteiger partial charge on any atom is 0.537 e. The van der Waals surface area contributed by atoms with E-state index in [0.717, 1.165) is 0 Å². The van der Waals surface area contributed by atoms with Crippen LogP contribution in [0.25, 0.3) is 0 Å². The molecule has 0 aliphatic carbocycles. The Kier molecular flexibility index (Phi) is 4.63. The first-order valence-corrected chi connectivity index (χ1v) is 2.41. The summed E-state index contributed by atoms with van der Waals surface area (Å²) in [6.07, 6.45) is -5.07. The monoisotopic (exact) mass is 167 g/mol. The average Bonchev–Trinajstić information content (AvgIpc) is 1.21. The van der Waals surface area contributed by atoms with Gasteiger partial charge in [0.1, 0.15) is 0 Å². The second kappa shape index (κ2) is 3.64. The molecular formula is CH4F3NO3S. The van der Waals surface area contributed by atoms with E-state index in [1.807, 2.05) is 0 Å². The zero-order chi connectivity index (χ0) is 6.78. The van der Waals surface area contributed by atoms with Gasteiger partial charge in [-0.2, -0.15) is 4.18 Å². The minimum atomic E-state index is -5.07. The van der Waals surface area contributed by atoms with Crippen LogP contribution in [0, 0.1) is 0 Å². The van der Waals surface area contributed by atoms with Gasteiger partial charge in [0.2, 0.25) is 0 Å². The molecular weight excluding hydrogens is 163 g/mol. The quantitative estimate of drug-likeness (QED) is 0.547. The van der Waals surface area contributed by atoms with Crippen molar-refractivity contribution in [1.82, 2.24) is 6.15 Å². The predicted octanol–water partition coefficient (Wildman–Crippen LogP) is 0.211. The fourth-order valence-electron chi connectivity index (χ4n) is 0.0845. The van der Waals surface area contributed by atoms with Crippen LogP contribution in [0.4, 0.5) is 13.2 Å². The van der Waals surface area contributed by atoms with Crippen molar-refractivity contribution in [2.24, 2.45) is 0 Å². The molecule has 0 aromatic rings. The number of rotatable bonds is 1. The van der Waals surface area contributed by atoms with Gasteiger partial charge in [0.15, 0.2) is 0 Å². The molecule has 0 aliphatic heterocycles. The lowest BCUT2D eigenvalue weighted by Crippen LogP contribution is -2.11. The Morgan fingerprint density at radius 2 is 1.56 bits per heavy atom. The van der Waals surface area contributed by atoms with Crippen LogP contribution in [0.3, 0.4) is 0 Å². The van der Waals surface area contributed by atoms with Crippen LogP contribution < -0.4 is 6.15 Å². The van der Waals surface area contributed by atoms with E-state index in [-0.39, 0.29) is 6.15 Å². The van der Waals surface area contributed by atoms with E-state index in [1.54, 1.807) is 0 Å². The molecule has 0 aromatic heterocycles. The SMILES string of the molecule is N.O=[SH](=O)OC(F)(F)F. The molecule has 0 aliphatic rings. The molecule has 0 heterocycles. The number of alkyl halides is 3. The smallest absolute Gasteiger partial charge is 0.344 e. The van der Waals surface area contributed by atoms with Gasteiger partial charge < -0.3 is 6.15 Å². The van der Waals surface area contributed by atoms with Crippen molar-refractivity contribution in [3.63, 3.8) is 0 Å². The Hall–Kier alpha value is -0.340. The second-order valence-corrected chi connectivity index (χ2v) is 1.39. The van der Waals surface area contributed by atoms with Crippen molar-refractivity contribution < 1.29 is 25.8 Å². The van der Waals surface area contributed by atoms with E-state index < -0.39 is 17.3 Å². The molecule has 0 fully saturated rings. The van der Waals surface area contributed by atoms with Crippen LogP contribution in [0.2, 0.25) is 0 Å². The van der Waals surface area contributed by atoms with Crippen molar-refractivity contribution in [2.45, 2.75) is 6.36 Å². The Morgan fingerprint density at radius 3 is 1.56 bits per heavy atom. The molecule has 0 atom stereocenters. The van der Waals surface area contributed by atoms with Crippen LogP contribution in [-0.2, 0) is 15.2 Å². The number of halogens is 3. The van der Waals surface area contributed by atoms with Crippen LogP contribution >= 0.6 is 0 Å². The van der Waals surface area contributed by atoms with Gasteiger partial charge >= 0.3 is 6.36 Å². The van der Waals surface area contributed by atoms with Crippen molar-refractivity contribution in [2.75, 3.05) is 0 Å². The molecule has 0 aromatic carbocycles. The highest BCUT2D eigenvalue weighted by Crippen LogP contribution is 2.15. The zero-order valence-corrected chi connectivity index (χ0v) is 4.91. The summed E-state index contributed by atoms with van der Waals surface area (Å²) in [4.78, 5) is 0. The molecule has 9 heavy (non-hydrogen) atoms. The number of hydrogen-bond acceptors (Lipinski definition) is 4. The lowest BCUT2D eigenvalue weighted by molar-refractivity contribution is -0.270. The maximum absolute atomic E-state index is 10.7. The minimum absolute atomic E-state index is 0. The Morgan fingerprint density at radius 1 is 1.22 bits per heavy atom. The van der Waals surface area contributed by atoms with E-state index in [2.05, 4.69) is 4.18 Å². The molecule has 0 bridgehead atoms. The molecule has 0 unspecified atom stereocenters. The molecule has 0 rings (SSSR count). The maximum atomic E-state index is 10.7. The van der Waals surface area contributed by atoms with Gasteiger partial charge in [-0.05, 0) is 0 Å². The predicted molar refractivity (Wildman–Crippen MR) is 22.5 cm³/mol. The Bertz CT molecular complexity index is 130. The molecule has 8 heteroatoms. The fourth-order valence-corrected chi connectivity index (χ4v) is 0.254. The van der Waals surface area contributed by atoms with E-state index in [4.69, 9.17) is 8.42 Å². The first-order chi connectivity index (χ1) is 3.42. The van der Waals surface area contributed by atoms with Crippen molar-refractivity contribution >= 4 is 11.0 Å². The Labute approximate surface area is 50.4 Å². The van der Waals surface area contributed by atoms with Crippen LogP contribution in [-0.4, -0.2) is 14.8 Å². The van der Waals surface area contributed by atoms with Gasteiger partial charge in [-0.1, -0.05) is 0 Å². The summed E-state index contributed by atoms with van der Waals surface area (Å²) in [5, 5.41) is 0. The summed E-state index contributed by atoms with van der Waals surface area (Å²) >= 11 is 0. The van der Waals surface area contributed by atoms with Crippen molar-refractivity contribution in [3.05, 3.63) is 0 Å². The van der Waals surface area contributed by atoms with E-state index in [9.17, 15) is 13.2 Å². The highest BCUT2D eigenvalue weighted by molar-refractivity contribution is 7.67. The molecule has 0 amide bonds. The summed E-state index contributed by atoms with van der Waals surface area (Å²) in [6, 6.07) is 0. The summed E-state index contributed by atoms with van der Waals surface area (Å²) in [5.41, 5.74) is 0. The van der Waals surface area contributed by atoms with E-state index in [0.29, 0.717) is 0 Å². The lowest BCUT2D eigenvalue weighted by atomic mass is 11.4. The highest BCUT2D eigenvalue weighted by atomic mass is 32.2. The van der Waals surface area contributed by atoms with Gasteiger partial charge in [-0.3, -0.25) is 0 Å². The standard InChI is InChI=1S/CHF3O3S.H3N/c2-1(3,4)7-8(5)6;/h8H;1H3. The zero-order valence-electron chi connectivity index (χ0n) is 4.01. The van der Waals surface area contributed by atoms with Gasteiger partial charge in [0, 0.05) is 0 Å². The minimum Gasteiger partial charge on any atom is -0.344 e. The molecule has 0 saturated carbocycles. The molecule has 0 spiro atoms. The normalized spacial score (nSPS) is 11.1. The van der Waals surface area contributed by atoms with Gasteiger partial charge in [0.05, 0.1) is 0 Å². The van der Waals surface area contributed by atoms with Crippen molar-refractivity contribution in [3.8, 4) is 0 Å². The summed E-state index contributed by atoms with van der Waals surface area (Å²) in [6.45, 7) is 0. The molecule has 4 nitrogen and oxygen atoms in total. The topological polar surface area (TPSA) is 78.4 Å². The molecule has 0 saturated heterocycles. The molecule has 58 valence electrons. The second-order valence-electron chi connectivity index (χ2n) is 0.761. The van der Waals surface area contributed by atoms with Gasteiger partial charge in [0.25, 0.3) is 11.0 Å². The van der Waals surface area contributed by atoms with Gasteiger partial charge in [-0.15, -0.1) is 13.2 Å². The van der Waals surface area contributed by atoms with Crippen LogP contribution in [0.1, 0.15) is 0 Å². The third-order valence-corrected chi connectivity index (χ3v) is 0.534. The van der Waals surface area contributed by atoms with Crippen LogP contribution in [0.15, 0.2) is 0 Å². The summed E-state index contributed by atoms with van der Waals surface area (Å²) < 4.78 is 52.7. The summed E-state index contributed by atoms with van der Waals surface area (Å²) in [7, 11) is -3.81. The first kappa shape index (κ1) is 11.5. The summed E-state index contributed by atoms with van der Waals surface area (Å²) in [5.74, 6) is 0. The Balaban J connectivity index is 0. The fraction of sp³-hybridized carbons (Fsp3) is 1.00. The third-order valence-electron chi connectivity index (χ3n) is 0.178. The average molecular weight is 167 g/mol. The number of thiol groups is 1. The largest absolute Gasteiger partial charge is 0.537 e. The van der Waals surface area contributed by atoms with E-state index >= 15 is 0 Å². The molecule has 0 radical (unpaired) electrons. The third kappa shape index (κ3) is 11.3. The number of hydrogen-bond donors (Lipinski definition) is 2. The van der Waals surface area contributed by atoms with Gasteiger partial charge in [-0.25, -0.2) is 8.42 Å². The van der Waals surface area contributed by atoms with Crippen molar-refractivity contribution in [1.29, 1.82) is 0 Å². The lowest BCUT2D eigenvalue weighted by Gasteiger charge is -1.96. The highest BCUT2D eigenvalue weighted by Gasteiger charge is 2.30. The van der Waals surface area contributed by atoms with E-state index in [1.165, 1.54) is 0 Å². The molecule has 3 N–H and O–H groups in total. The first-order valence-electron chi connectivity index (χ1n) is 1.32. The van der Waals surface area contributed by atoms with Crippen LogP contribution in [0.5, 0.6) is 0 Å².